The van der Waals surface area contributed by atoms with Crippen molar-refractivity contribution in [2.24, 2.45) is 0 Å². The van der Waals surface area contributed by atoms with Crippen LogP contribution in [-0.2, 0) is 4.79 Å². The summed E-state index contributed by atoms with van der Waals surface area (Å²) in [6, 6.07) is 11.0. The minimum absolute atomic E-state index is 0.161. The second-order valence-corrected chi connectivity index (χ2v) is 5.63. The molecule has 114 valence electrons. The number of amides is 1. The van der Waals surface area contributed by atoms with Crippen LogP contribution >= 0.6 is 11.8 Å². The maximum Gasteiger partial charge on any atom is 0.306 e. The number of rotatable bonds is 5. The third-order valence-corrected chi connectivity index (χ3v) is 3.78. The molecule has 0 atom stereocenters. The molecule has 0 aliphatic heterocycles. The lowest BCUT2D eigenvalue weighted by atomic mass is 10.2. The fraction of sp³-hybridized carbons (Fsp3) is 0.133. The predicted molar refractivity (Wildman–Crippen MR) is 83.6 cm³/mol. The average Bonchev–Trinajstić information content (AvgIpc) is 2.47. The Labute approximate surface area is 130 Å². The van der Waals surface area contributed by atoms with Crippen LogP contribution in [0.1, 0.15) is 5.56 Å². The first-order valence-corrected chi connectivity index (χ1v) is 7.37. The summed E-state index contributed by atoms with van der Waals surface area (Å²) in [7, 11) is 0. The van der Waals surface area contributed by atoms with Gasteiger partial charge in [-0.25, -0.2) is 0 Å². The van der Waals surface area contributed by atoms with Crippen LogP contribution in [0.25, 0.3) is 0 Å². The number of nitrogens with zero attached hydrogens (tertiary/aromatic N) is 1. The Balaban J connectivity index is 1.97. The Kier molecular flexibility index (Phi) is 5.11. The Bertz CT molecular complexity index is 722. The molecule has 0 aliphatic carbocycles. The number of benzene rings is 2. The average molecular weight is 320 g/mol. The third kappa shape index (κ3) is 4.29. The largest absolute Gasteiger partial charge is 0.325 e. The molecule has 0 heterocycles. The summed E-state index contributed by atoms with van der Waals surface area (Å²) in [5, 5.41) is 13.2. The molecule has 2 aromatic carbocycles. The van der Waals surface area contributed by atoms with Crippen LogP contribution in [0.2, 0.25) is 0 Å². The summed E-state index contributed by atoms with van der Waals surface area (Å²) in [6.07, 6.45) is 0. The maximum absolute atomic E-state index is 13.2. The van der Waals surface area contributed by atoms with Crippen LogP contribution < -0.4 is 5.32 Å². The van der Waals surface area contributed by atoms with E-state index in [9.17, 15) is 19.3 Å². The van der Waals surface area contributed by atoms with Gasteiger partial charge in [-0.15, -0.1) is 11.8 Å². The van der Waals surface area contributed by atoms with Crippen molar-refractivity contribution in [3.63, 3.8) is 0 Å². The molecular weight excluding hydrogens is 307 g/mol. The van der Waals surface area contributed by atoms with Crippen molar-refractivity contribution in [3.05, 3.63) is 64.0 Å². The first-order valence-electron chi connectivity index (χ1n) is 6.39. The number of halogens is 1. The minimum atomic E-state index is -0.933. The topological polar surface area (TPSA) is 72.2 Å². The fourth-order valence-corrected chi connectivity index (χ4v) is 2.60. The van der Waals surface area contributed by atoms with Crippen LogP contribution in [0.4, 0.5) is 15.8 Å². The van der Waals surface area contributed by atoms with Crippen molar-refractivity contribution < 1.29 is 14.1 Å². The smallest absolute Gasteiger partial charge is 0.306 e. The van der Waals surface area contributed by atoms with Gasteiger partial charge in [0.1, 0.15) is 0 Å². The van der Waals surface area contributed by atoms with Gasteiger partial charge >= 0.3 is 5.69 Å². The van der Waals surface area contributed by atoms with E-state index in [1.807, 2.05) is 31.2 Å². The number of hydrogen-bond acceptors (Lipinski definition) is 4. The van der Waals surface area contributed by atoms with Gasteiger partial charge in [0, 0.05) is 16.6 Å². The number of nitrogens with one attached hydrogen (secondary N) is 1. The van der Waals surface area contributed by atoms with Crippen molar-refractivity contribution in [3.8, 4) is 0 Å². The highest BCUT2D eigenvalue weighted by Gasteiger charge is 2.15. The van der Waals surface area contributed by atoms with E-state index in [1.165, 1.54) is 17.8 Å². The van der Waals surface area contributed by atoms with E-state index in [0.29, 0.717) is 0 Å². The molecule has 0 radical (unpaired) electrons. The quantitative estimate of drug-likeness (QED) is 0.517. The molecule has 0 spiro atoms. The number of thioether (sulfide) groups is 1. The van der Waals surface area contributed by atoms with Gasteiger partial charge in [0.05, 0.1) is 10.7 Å². The lowest BCUT2D eigenvalue weighted by Crippen LogP contribution is -2.14. The van der Waals surface area contributed by atoms with Gasteiger partial charge in [-0.2, -0.15) is 4.39 Å². The summed E-state index contributed by atoms with van der Waals surface area (Å²) < 4.78 is 13.2. The van der Waals surface area contributed by atoms with E-state index in [-0.39, 0.29) is 17.3 Å². The van der Waals surface area contributed by atoms with Gasteiger partial charge in [-0.1, -0.05) is 17.7 Å². The van der Waals surface area contributed by atoms with Crippen LogP contribution in [0.5, 0.6) is 0 Å². The lowest BCUT2D eigenvalue weighted by Gasteiger charge is -2.06. The Morgan fingerprint density at radius 3 is 2.77 bits per heavy atom. The second-order valence-electron chi connectivity index (χ2n) is 4.58. The number of carbonyl (C=O) groups is 1. The first-order chi connectivity index (χ1) is 10.5. The molecule has 0 saturated carbocycles. The minimum Gasteiger partial charge on any atom is -0.325 e. The van der Waals surface area contributed by atoms with Gasteiger partial charge in [0.15, 0.2) is 0 Å². The number of hydrogen-bond donors (Lipinski definition) is 1. The molecular formula is C15H13FN2O3S. The van der Waals surface area contributed by atoms with Crippen LogP contribution in [0, 0.1) is 22.9 Å². The molecule has 7 heteroatoms. The zero-order valence-corrected chi connectivity index (χ0v) is 12.5. The zero-order valence-electron chi connectivity index (χ0n) is 11.7. The zero-order chi connectivity index (χ0) is 16.1. The highest BCUT2D eigenvalue weighted by molar-refractivity contribution is 8.00. The first kappa shape index (κ1) is 16.0. The fourth-order valence-electron chi connectivity index (χ4n) is 1.78. The summed E-state index contributed by atoms with van der Waals surface area (Å²) in [4.78, 5) is 22.6. The molecule has 0 saturated heterocycles. The normalized spacial score (nSPS) is 10.3. The number of carbonyl (C=O) groups excluding carboxylic acids is 1. The van der Waals surface area contributed by atoms with E-state index in [0.717, 1.165) is 22.6 Å². The molecule has 0 bridgehead atoms. The molecule has 0 unspecified atom stereocenters. The number of anilines is 1. The number of nitro groups is 1. The Morgan fingerprint density at radius 1 is 1.32 bits per heavy atom. The van der Waals surface area contributed by atoms with E-state index in [2.05, 4.69) is 5.32 Å². The number of aryl methyl sites for hydroxylation is 1. The van der Waals surface area contributed by atoms with E-state index in [4.69, 9.17) is 0 Å². The van der Waals surface area contributed by atoms with Crippen molar-refractivity contribution in [2.45, 2.75) is 11.8 Å². The lowest BCUT2D eigenvalue weighted by molar-refractivity contribution is -0.387. The standard InChI is InChI=1S/C15H13FN2O3S/c1-10-3-2-4-12(7-10)22-9-15(19)17-11-5-6-13(16)14(8-11)18(20)21/h2-8H,9H2,1H3,(H,17,19). The summed E-state index contributed by atoms with van der Waals surface area (Å²) in [6.45, 7) is 1.96. The molecule has 2 aromatic rings. The van der Waals surface area contributed by atoms with Gasteiger partial charge in [-0.3, -0.25) is 14.9 Å². The highest BCUT2D eigenvalue weighted by Crippen LogP contribution is 2.23. The van der Waals surface area contributed by atoms with E-state index < -0.39 is 16.4 Å². The molecule has 0 aliphatic rings. The summed E-state index contributed by atoms with van der Waals surface area (Å²) in [5.74, 6) is -1.08. The molecule has 22 heavy (non-hydrogen) atoms. The molecule has 1 N–H and O–H groups in total. The SMILES string of the molecule is Cc1cccc(SCC(=O)Nc2ccc(F)c([N+](=O)[O-])c2)c1. The molecule has 0 fully saturated rings. The van der Waals surface area contributed by atoms with Gasteiger partial charge in [0.2, 0.25) is 11.7 Å². The van der Waals surface area contributed by atoms with Crippen LogP contribution in [-0.4, -0.2) is 16.6 Å². The maximum atomic E-state index is 13.2. The summed E-state index contributed by atoms with van der Waals surface area (Å²) >= 11 is 1.36. The molecule has 5 nitrogen and oxygen atoms in total. The molecule has 0 aromatic heterocycles. The van der Waals surface area contributed by atoms with Crippen molar-refractivity contribution in [1.29, 1.82) is 0 Å². The van der Waals surface area contributed by atoms with Crippen molar-refractivity contribution >= 4 is 29.0 Å². The van der Waals surface area contributed by atoms with Crippen molar-refractivity contribution in [2.75, 3.05) is 11.1 Å². The van der Waals surface area contributed by atoms with Crippen molar-refractivity contribution in [1.82, 2.24) is 0 Å². The van der Waals surface area contributed by atoms with Crippen LogP contribution in [0.15, 0.2) is 47.4 Å². The van der Waals surface area contributed by atoms with Gasteiger partial charge < -0.3 is 5.32 Å². The number of nitro benzene ring substituents is 1. The van der Waals surface area contributed by atoms with Gasteiger partial charge in [0.25, 0.3) is 0 Å². The Morgan fingerprint density at radius 2 is 2.09 bits per heavy atom. The molecule has 2 rings (SSSR count). The van der Waals surface area contributed by atoms with Crippen LogP contribution in [0.3, 0.4) is 0 Å². The summed E-state index contributed by atoms with van der Waals surface area (Å²) in [5.41, 5.74) is 0.631. The van der Waals surface area contributed by atoms with E-state index >= 15 is 0 Å². The second kappa shape index (κ2) is 7.04. The monoisotopic (exact) mass is 320 g/mol. The highest BCUT2D eigenvalue weighted by atomic mass is 32.2. The molecule has 1 amide bonds. The van der Waals surface area contributed by atoms with Gasteiger partial charge in [-0.05, 0) is 31.2 Å². The predicted octanol–water partition coefficient (Wildman–Crippen LogP) is 3.77. The Hall–Kier alpha value is -2.41. The van der Waals surface area contributed by atoms with E-state index in [1.54, 1.807) is 0 Å². The third-order valence-electron chi connectivity index (χ3n) is 2.79.